The second-order valence-corrected chi connectivity index (χ2v) is 8.36. The molecule has 0 saturated carbocycles. The lowest BCUT2D eigenvalue weighted by molar-refractivity contribution is -0.139. The number of hydrogen-bond acceptors (Lipinski definition) is 7. The predicted molar refractivity (Wildman–Crippen MR) is 140 cm³/mol. The van der Waals surface area contributed by atoms with Crippen molar-refractivity contribution in [2.45, 2.75) is 13.0 Å². The number of methoxy groups -OCH3 is 1. The van der Waals surface area contributed by atoms with Crippen molar-refractivity contribution < 1.29 is 14.3 Å². The summed E-state index contributed by atoms with van der Waals surface area (Å²) in [6, 6.07) is 22.2. The number of carbonyl (C=O) groups is 2. The van der Waals surface area contributed by atoms with E-state index in [9.17, 15) is 9.59 Å². The van der Waals surface area contributed by atoms with Crippen LogP contribution in [0.15, 0.2) is 85.2 Å². The van der Waals surface area contributed by atoms with E-state index in [1.54, 1.807) is 36.7 Å². The first kappa shape index (κ1) is 23.7. The molecule has 0 aliphatic rings. The van der Waals surface area contributed by atoms with Crippen molar-refractivity contribution >= 4 is 28.9 Å². The molecule has 0 aliphatic carbocycles. The summed E-state index contributed by atoms with van der Waals surface area (Å²) in [5.74, 6) is 0.448. The number of nitrogens with zero attached hydrogens (tertiary/aromatic N) is 4. The van der Waals surface area contributed by atoms with E-state index in [-0.39, 0.29) is 18.3 Å². The molecule has 0 aliphatic heterocycles. The average molecular weight is 493 g/mol. The van der Waals surface area contributed by atoms with E-state index in [0.29, 0.717) is 35.0 Å². The van der Waals surface area contributed by atoms with Crippen molar-refractivity contribution in [2.24, 2.45) is 0 Å². The summed E-state index contributed by atoms with van der Waals surface area (Å²) < 4.78 is 6.64. The molecule has 0 spiro atoms. The first-order chi connectivity index (χ1) is 18.0. The minimum Gasteiger partial charge on any atom is -0.469 e. The fraction of sp³-hybridized carbons (Fsp3) is 0.107. The van der Waals surface area contributed by atoms with Gasteiger partial charge in [0.1, 0.15) is 11.3 Å². The molecule has 3 heterocycles. The molecule has 184 valence electrons. The van der Waals surface area contributed by atoms with Gasteiger partial charge in [-0.1, -0.05) is 24.3 Å². The van der Waals surface area contributed by atoms with Crippen LogP contribution < -0.4 is 11.1 Å². The number of hydrogen-bond donors (Lipinski definition) is 2. The monoisotopic (exact) mass is 492 g/mol. The third-order valence-corrected chi connectivity index (χ3v) is 5.91. The van der Waals surface area contributed by atoms with Gasteiger partial charge in [0, 0.05) is 30.2 Å². The Morgan fingerprint density at radius 2 is 1.73 bits per heavy atom. The van der Waals surface area contributed by atoms with Crippen molar-refractivity contribution in [1.82, 2.24) is 24.8 Å². The SMILES string of the molecule is COC(=O)Cc1cccc(C(=O)NCc2ccc(-n3c(-c4cccnc4N)nc4cccnc43)cc2)c1. The summed E-state index contributed by atoms with van der Waals surface area (Å²) in [4.78, 5) is 37.7. The standard InChI is InChI=1S/C28H24N6O3/c1-37-24(35)16-19-5-2-6-20(15-19)28(36)32-17-18-9-11-21(12-10-18)34-26(22-7-3-13-30-25(22)29)33-23-8-4-14-31-27(23)34/h2-15H,16-17H2,1H3,(H2,29,30)(H,32,36). The molecule has 5 rings (SSSR count). The maximum Gasteiger partial charge on any atom is 0.309 e. The fourth-order valence-corrected chi connectivity index (χ4v) is 4.05. The lowest BCUT2D eigenvalue weighted by atomic mass is 10.1. The van der Waals surface area contributed by atoms with E-state index in [1.165, 1.54) is 7.11 Å². The minimum atomic E-state index is -0.354. The number of amides is 1. The van der Waals surface area contributed by atoms with Gasteiger partial charge in [-0.3, -0.25) is 14.2 Å². The zero-order valence-corrected chi connectivity index (χ0v) is 20.1. The molecule has 2 aromatic carbocycles. The highest BCUT2D eigenvalue weighted by Gasteiger charge is 2.17. The van der Waals surface area contributed by atoms with Gasteiger partial charge in [-0.05, 0) is 59.7 Å². The Kier molecular flexibility index (Phi) is 6.58. The number of imidazole rings is 1. The van der Waals surface area contributed by atoms with E-state index in [0.717, 1.165) is 22.3 Å². The summed E-state index contributed by atoms with van der Waals surface area (Å²) in [5, 5.41) is 2.93. The third kappa shape index (κ3) is 5.01. The number of esters is 1. The molecule has 37 heavy (non-hydrogen) atoms. The molecule has 0 radical (unpaired) electrons. The molecular weight excluding hydrogens is 468 g/mol. The van der Waals surface area contributed by atoms with Crippen molar-refractivity contribution in [3.8, 4) is 17.1 Å². The number of anilines is 1. The number of nitrogens with one attached hydrogen (secondary N) is 1. The van der Waals surface area contributed by atoms with Crippen LogP contribution in [0.1, 0.15) is 21.5 Å². The topological polar surface area (TPSA) is 125 Å². The van der Waals surface area contributed by atoms with Crippen LogP contribution in [-0.2, 0) is 22.5 Å². The molecule has 3 aromatic heterocycles. The number of fused-ring (bicyclic) bond motifs is 1. The Morgan fingerprint density at radius 3 is 2.51 bits per heavy atom. The van der Waals surface area contributed by atoms with Gasteiger partial charge < -0.3 is 15.8 Å². The Bertz CT molecular complexity index is 1590. The third-order valence-electron chi connectivity index (χ3n) is 5.91. The van der Waals surface area contributed by atoms with Crippen LogP contribution in [0.4, 0.5) is 5.82 Å². The second-order valence-electron chi connectivity index (χ2n) is 8.36. The Labute approximate surface area is 213 Å². The fourth-order valence-electron chi connectivity index (χ4n) is 4.05. The Hall–Kier alpha value is -5.05. The van der Waals surface area contributed by atoms with Crippen LogP contribution in [0.25, 0.3) is 28.2 Å². The minimum absolute atomic E-state index is 0.115. The molecule has 9 nitrogen and oxygen atoms in total. The van der Waals surface area contributed by atoms with Crippen molar-refractivity contribution in [3.05, 3.63) is 102 Å². The predicted octanol–water partition coefficient (Wildman–Crippen LogP) is 3.71. The Balaban J connectivity index is 1.36. The summed E-state index contributed by atoms with van der Waals surface area (Å²) in [6.45, 7) is 0.339. The molecular formula is C28H24N6O3. The van der Waals surface area contributed by atoms with E-state index in [2.05, 4.69) is 15.3 Å². The van der Waals surface area contributed by atoms with Gasteiger partial charge >= 0.3 is 5.97 Å². The van der Waals surface area contributed by atoms with Gasteiger partial charge in [0.2, 0.25) is 0 Å². The largest absolute Gasteiger partial charge is 0.469 e. The highest BCUT2D eigenvalue weighted by atomic mass is 16.5. The van der Waals surface area contributed by atoms with Gasteiger partial charge in [0.25, 0.3) is 5.91 Å². The maximum atomic E-state index is 12.7. The molecule has 0 unspecified atom stereocenters. The number of benzene rings is 2. The molecule has 0 atom stereocenters. The number of rotatable bonds is 7. The lowest BCUT2D eigenvalue weighted by Gasteiger charge is -2.11. The van der Waals surface area contributed by atoms with Crippen LogP contribution in [-0.4, -0.2) is 38.5 Å². The lowest BCUT2D eigenvalue weighted by Crippen LogP contribution is -2.23. The van der Waals surface area contributed by atoms with Crippen LogP contribution in [0.5, 0.6) is 0 Å². The smallest absolute Gasteiger partial charge is 0.309 e. The quantitative estimate of drug-likeness (QED) is 0.332. The molecule has 5 aromatic rings. The molecule has 1 amide bonds. The number of ether oxygens (including phenoxy) is 1. The highest BCUT2D eigenvalue weighted by molar-refractivity contribution is 5.94. The van der Waals surface area contributed by atoms with Crippen LogP contribution in [0.2, 0.25) is 0 Å². The number of nitrogen functional groups attached to an aromatic ring is 1. The molecule has 3 N–H and O–H groups in total. The molecule has 0 fully saturated rings. The van der Waals surface area contributed by atoms with Crippen LogP contribution >= 0.6 is 0 Å². The van der Waals surface area contributed by atoms with Crippen molar-refractivity contribution in [1.29, 1.82) is 0 Å². The molecule has 0 bridgehead atoms. The number of aromatic nitrogens is 4. The average Bonchev–Trinajstić information content (AvgIpc) is 3.31. The van der Waals surface area contributed by atoms with Gasteiger partial charge in [-0.15, -0.1) is 0 Å². The van der Waals surface area contributed by atoms with E-state index in [4.69, 9.17) is 15.5 Å². The maximum absolute atomic E-state index is 12.7. The summed E-state index contributed by atoms with van der Waals surface area (Å²) in [6.07, 6.45) is 3.48. The summed E-state index contributed by atoms with van der Waals surface area (Å²) >= 11 is 0. The first-order valence-corrected chi connectivity index (χ1v) is 11.6. The van der Waals surface area contributed by atoms with E-state index >= 15 is 0 Å². The number of nitrogens with two attached hydrogens (primary N) is 1. The van der Waals surface area contributed by atoms with Gasteiger partial charge in [0.05, 0.1) is 19.1 Å². The van der Waals surface area contributed by atoms with E-state index in [1.807, 2.05) is 53.1 Å². The second kappa shape index (κ2) is 10.3. The summed E-state index contributed by atoms with van der Waals surface area (Å²) in [5.41, 5.74) is 11.3. The molecule has 9 heteroatoms. The van der Waals surface area contributed by atoms with Gasteiger partial charge in [-0.25, -0.2) is 15.0 Å². The zero-order valence-electron chi connectivity index (χ0n) is 20.1. The zero-order chi connectivity index (χ0) is 25.8. The van der Waals surface area contributed by atoms with Crippen molar-refractivity contribution in [3.63, 3.8) is 0 Å². The first-order valence-electron chi connectivity index (χ1n) is 11.6. The van der Waals surface area contributed by atoms with Crippen LogP contribution in [0.3, 0.4) is 0 Å². The van der Waals surface area contributed by atoms with Gasteiger partial charge in [0.15, 0.2) is 11.5 Å². The Morgan fingerprint density at radius 1 is 0.946 bits per heavy atom. The number of carbonyl (C=O) groups excluding carboxylic acids is 2. The van der Waals surface area contributed by atoms with Crippen molar-refractivity contribution in [2.75, 3.05) is 12.8 Å². The van der Waals surface area contributed by atoms with Gasteiger partial charge in [-0.2, -0.15) is 0 Å². The number of pyridine rings is 2. The summed E-state index contributed by atoms with van der Waals surface area (Å²) in [7, 11) is 1.34. The van der Waals surface area contributed by atoms with E-state index < -0.39 is 0 Å². The molecule has 0 saturated heterocycles. The normalized spacial score (nSPS) is 10.8. The van der Waals surface area contributed by atoms with Crippen LogP contribution in [0, 0.1) is 0 Å². The highest BCUT2D eigenvalue weighted by Crippen LogP contribution is 2.30.